The second-order valence-corrected chi connectivity index (χ2v) is 8.47. The number of carboxylic acid groups (broad SMARTS) is 1. The van der Waals surface area contributed by atoms with Gasteiger partial charge in [-0.05, 0) is 54.9 Å². The third-order valence-electron chi connectivity index (χ3n) is 6.24. The number of hydrogen-bond donors (Lipinski definition) is 2. The second-order valence-electron chi connectivity index (χ2n) is 8.47. The van der Waals surface area contributed by atoms with E-state index in [1.54, 1.807) is 6.20 Å². The fourth-order valence-electron chi connectivity index (χ4n) is 4.12. The van der Waals surface area contributed by atoms with Crippen LogP contribution in [0.25, 0.3) is 11.1 Å². The van der Waals surface area contributed by atoms with Crippen LogP contribution in [0, 0.1) is 5.41 Å². The molecule has 1 amide bonds. The summed E-state index contributed by atoms with van der Waals surface area (Å²) in [5.41, 5.74) is 9.51. The number of nitrogens with two attached hydrogens (primary N) is 1. The minimum Gasteiger partial charge on any atom is -0.478 e. The first-order valence-corrected chi connectivity index (χ1v) is 10.2. The molecule has 1 aliphatic rings. The Balaban J connectivity index is 1.73. The number of piperidine rings is 1. The van der Waals surface area contributed by atoms with Crippen LogP contribution in [0.5, 0.6) is 5.88 Å². The summed E-state index contributed by atoms with van der Waals surface area (Å²) in [6, 6.07) is 12.4. The molecular weight excluding hydrogens is 366 g/mol. The highest BCUT2D eigenvalue weighted by Gasteiger charge is 2.44. The maximum absolute atomic E-state index is 11.2. The van der Waals surface area contributed by atoms with E-state index in [-0.39, 0.29) is 11.0 Å². The molecule has 2 heterocycles. The molecular formula is C23H31N3O3. The second kappa shape index (κ2) is 8.41. The Labute approximate surface area is 172 Å². The molecule has 1 saturated heterocycles. The monoisotopic (exact) mass is 397 g/mol. The average Bonchev–Trinajstić information content (AvgIpc) is 2.69. The van der Waals surface area contributed by atoms with E-state index in [4.69, 9.17) is 10.5 Å². The van der Waals surface area contributed by atoms with Crippen molar-refractivity contribution in [1.82, 2.24) is 9.88 Å². The van der Waals surface area contributed by atoms with Gasteiger partial charge < -0.3 is 20.5 Å². The number of likely N-dealkylation sites (tertiary alicyclic amines) is 1. The van der Waals surface area contributed by atoms with E-state index in [0.29, 0.717) is 38.4 Å². The summed E-state index contributed by atoms with van der Waals surface area (Å²) < 4.78 is 5.65. The van der Waals surface area contributed by atoms with Crippen LogP contribution in [-0.4, -0.2) is 46.3 Å². The summed E-state index contributed by atoms with van der Waals surface area (Å²) in [7, 11) is 0. The molecule has 3 N–H and O–H groups in total. The highest BCUT2D eigenvalue weighted by atomic mass is 16.5. The molecule has 0 saturated carbocycles. The van der Waals surface area contributed by atoms with Gasteiger partial charge in [0.15, 0.2) is 0 Å². The number of hydrogen-bond acceptors (Lipinski definition) is 4. The molecule has 6 heteroatoms. The van der Waals surface area contributed by atoms with Gasteiger partial charge in [0.2, 0.25) is 5.88 Å². The van der Waals surface area contributed by atoms with Gasteiger partial charge in [-0.25, -0.2) is 9.78 Å². The van der Waals surface area contributed by atoms with E-state index in [9.17, 15) is 9.90 Å². The number of carbonyl (C=O) groups is 1. The summed E-state index contributed by atoms with van der Waals surface area (Å²) in [4.78, 5) is 17.0. The summed E-state index contributed by atoms with van der Waals surface area (Å²) >= 11 is 0. The van der Waals surface area contributed by atoms with Gasteiger partial charge in [0, 0.05) is 30.4 Å². The molecule has 0 spiro atoms. The predicted octanol–water partition coefficient (Wildman–Crippen LogP) is 4.19. The smallest absolute Gasteiger partial charge is 0.407 e. The molecule has 1 aromatic carbocycles. The van der Waals surface area contributed by atoms with Crippen molar-refractivity contribution in [2.24, 2.45) is 11.1 Å². The van der Waals surface area contributed by atoms with Crippen molar-refractivity contribution in [2.45, 2.75) is 45.6 Å². The van der Waals surface area contributed by atoms with Crippen LogP contribution < -0.4 is 10.5 Å². The van der Waals surface area contributed by atoms with E-state index in [1.807, 2.05) is 19.1 Å². The minimum absolute atomic E-state index is 0.149. The van der Waals surface area contributed by atoms with Gasteiger partial charge in [-0.15, -0.1) is 0 Å². The van der Waals surface area contributed by atoms with Crippen molar-refractivity contribution in [3.63, 3.8) is 0 Å². The van der Waals surface area contributed by atoms with Gasteiger partial charge in [-0.1, -0.05) is 38.1 Å². The largest absolute Gasteiger partial charge is 0.478 e. The van der Waals surface area contributed by atoms with Crippen molar-refractivity contribution in [1.29, 1.82) is 0 Å². The van der Waals surface area contributed by atoms with E-state index in [0.717, 1.165) is 17.5 Å². The number of rotatable bonds is 6. The Morgan fingerprint density at radius 1 is 1.24 bits per heavy atom. The standard InChI is InChI=1S/C23H31N3O3/c1-4-29-20-19(6-5-13-25-20)18-9-7-17(8-10-18)16-22(2,3)23(24)11-14-26(15-12-23)21(27)28/h5-10,13H,4,11-12,14-16,24H2,1-3H3,(H,27,28). The predicted molar refractivity (Wildman–Crippen MR) is 114 cm³/mol. The molecule has 0 atom stereocenters. The molecule has 0 bridgehead atoms. The van der Waals surface area contributed by atoms with Crippen molar-refractivity contribution in [2.75, 3.05) is 19.7 Å². The number of amides is 1. The zero-order chi connectivity index (χ0) is 21.1. The fraction of sp³-hybridized carbons (Fsp3) is 0.478. The van der Waals surface area contributed by atoms with Crippen LogP contribution in [0.15, 0.2) is 42.6 Å². The van der Waals surface area contributed by atoms with Crippen molar-refractivity contribution in [3.05, 3.63) is 48.2 Å². The molecule has 1 fully saturated rings. The number of aromatic nitrogens is 1. The van der Waals surface area contributed by atoms with E-state index in [2.05, 4.69) is 43.1 Å². The van der Waals surface area contributed by atoms with Crippen LogP contribution in [0.4, 0.5) is 4.79 Å². The first kappa shape index (κ1) is 21.1. The van der Waals surface area contributed by atoms with Gasteiger partial charge in [0.25, 0.3) is 0 Å². The van der Waals surface area contributed by atoms with Crippen molar-refractivity contribution < 1.29 is 14.6 Å². The summed E-state index contributed by atoms with van der Waals surface area (Å²) in [5, 5.41) is 9.19. The van der Waals surface area contributed by atoms with E-state index < -0.39 is 6.09 Å². The number of benzene rings is 1. The Bertz CT molecular complexity index is 841. The maximum atomic E-state index is 11.2. The summed E-state index contributed by atoms with van der Waals surface area (Å²) in [6.07, 6.45) is 3.07. The lowest BCUT2D eigenvalue weighted by molar-refractivity contribution is 0.0657. The SMILES string of the molecule is CCOc1ncccc1-c1ccc(CC(C)(C)C2(N)CCN(C(=O)O)CC2)cc1. The average molecular weight is 398 g/mol. The Kier molecular flexibility index (Phi) is 6.13. The van der Waals surface area contributed by atoms with Crippen LogP contribution >= 0.6 is 0 Å². The van der Waals surface area contributed by atoms with Gasteiger partial charge >= 0.3 is 6.09 Å². The van der Waals surface area contributed by atoms with Gasteiger partial charge in [-0.2, -0.15) is 0 Å². The molecule has 0 unspecified atom stereocenters. The molecule has 1 aliphatic heterocycles. The normalized spacial score (nSPS) is 16.5. The highest BCUT2D eigenvalue weighted by molar-refractivity contribution is 5.68. The molecule has 156 valence electrons. The quantitative estimate of drug-likeness (QED) is 0.763. The molecule has 2 aromatic rings. The highest BCUT2D eigenvalue weighted by Crippen LogP contribution is 2.40. The van der Waals surface area contributed by atoms with Crippen LogP contribution in [0.3, 0.4) is 0 Å². The Morgan fingerprint density at radius 3 is 2.48 bits per heavy atom. The van der Waals surface area contributed by atoms with E-state index in [1.165, 1.54) is 10.5 Å². The number of pyridine rings is 1. The summed E-state index contributed by atoms with van der Waals surface area (Å²) in [6.45, 7) is 7.89. The first-order chi connectivity index (χ1) is 13.8. The van der Waals surface area contributed by atoms with Crippen molar-refractivity contribution >= 4 is 6.09 Å². The third kappa shape index (κ3) is 4.53. The zero-order valence-electron chi connectivity index (χ0n) is 17.5. The van der Waals surface area contributed by atoms with E-state index >= 15 is 0 Å². The van der Waals surface area contributed by atoms with Gasteiger partial charge in [-0.3, -0.25) is 0 Å². The maximum Gasteiger partial charge on any atom is 0.407 e. The topological polar surface area (TPSA) is 88.7 Å². The lowest BCUT2D eigenvalue weighted by Crippen LogP contribution is -2.60. The fourth-order valence-corrected chi connectivity index (χ4v) is 4.12. The third-order valence-corrected chi connectivity index (χ3v) is 6.24. The Hall–Kier alpha value is -2.60. The molecule has 6 nitrogen and oxygen atoms in total. The summed E-state index contributed by atoms with van der Waals surface area (Å²) in [5.74, 6) is 0.647. The molecule has 29 heavy (non-hydrogen) atoms. The lowest BCUT2D eigenvalue weighted by Gasteiger charge is -2.48. The zero-order valence-corrected chi connectivity index (χ0v) is 17.5. The van der Waals surface area contributed by atoms with Crippen LogP contribution in [0.1, 0.15) is 39.2 Å². The lowest BCUT2D eigenvalue weighted by atomic mass is 9.65. The molecule has 1 aromatic heterocycles. The molecule has 0 aliphatic carbocycles. The molecule has 3 rings (SSSR count). The molecule has 0 radical (unpaired) electrons. The van der Waals surface area contributed by atoms with Crippen LogP contribution in [-0.2, 0) is 6.42 Å². The van der Waals surface area contributed by atoms with Crippen LogP contribution in [0.2, 0.25) is 0 Å². The number of nitrogens with zero attached hydrogens (tertiary/aromatic N) is 2. The van der Waals surface area contributed by atoms with Gasteiger partial charge in [0.05, 0.1) is 6.61 Å². The van der Waals surface area contributed by atoms with Gasteiger partial charge in [0.1, 0.15) is 0 Å². The minimum atomic E-state index is -0.859. The Morgan fingerprint density at radius 2 is 1.90 bits per heavy atom. The first-order valence-electron chi connectivity index (χ1n) is 10.2. The van der Waals surface area contributed by atoms with Crippen molar-refractivity contribution in [3.8, 4) is 17.0 Å². The number of ether oxygens (including phenoxy) is 1.